The van der Waals surface area contributed by atoms with E-state index in [-0.39, 0.29) is 11.7 Å². The second-order valence-electron chi connectivity index (χ2n) is 7.08. The molecule has 0 spiro atoms. The molecule has 0 aliphatic rings. The Morgan fingerprint density at radius 2 is 1.00 bits per heavy atom. The molecule has 0 aromatic heterocycles. The zero-order valence-electron chi connectivity index (χ0n) is 21.3. The van der Waals surface area contributed by atoms with Crippen molar-refractivity contribution < 1.29 is 14.3 Å². The lowest BCUT2D eigenvalue weighted by Crippen LogP contribution is -2.14. The van der Waals surface area contributed by atoms with E-state index in [1.807, 2.05) is 0 Å². The van der Waals surface area contributed by atoms with Gasteiger partial charge in [-0.1, -0.05) is 46.8 Å². The molecule has 41 heavy (non-hydrogen) atoms. The van der Waals surface area contributed by atoms with Crippen molar-refractivity contribution in [3.63, 3.8) is 0 Å². The van der Waals surface area contributed by atoms with Crippen molar-refractivity contribution in [1.82, 2.24) is 0 Å². The number of amides is 1. The molecular formula is C35H17Cl2NO3. The van der Waals surface area contributed by atoms with Gasteiger partial charge in [0, 0.05) is 15.6 Å². The Hall–Kier alpha value is -5.94. The quantitative estimate of drug-likeness (QED) is 0.195. The normalized spacial score (nSPS) is 7.85. The summed E-state index contributed by atoms with van der Waals surface area (Å²) < 4.78 is 5.41. The first-order valence-electron chi connectivity index (χ1n) is 11.4. The predicted octanol–water partition coefficient (Wildman–Crippen LogP) is 8.28. The Kier molecular flexibility index (Phi) is 14.0. The zero-order valence-corrected chi connectivity index (χ0v) is 22.8. The van der Waals surface area contributed by atoms with Crippen LogP contribution in [-0.4, -0.2) is 11.9 Å². The second-order valence-corrected chi connectivity index (χ2v) is 7.96. The lowest BCUT2D eigenvalue weighted by atomic mass is 10.2. The molecule has 4 nitrogen and oxygen atoms in total. The van der Waals surface area contributed by atoms with E-state index in [2.05, 4.69) is 93.0 Å². The Balaban J connectivity index is 0.000000337. The smallest absolute Gasteiger partial charge is 0.343 e. The summed E-state index contributed by atoms with van der Waals surface area (Å²) in [7, 11) is 0. The minimum Gasteiger partial charge on any atom is -0.421 e. The Morgan fingerprint density at radius 1 is 0.585 bits per heavy atom. The van der Waals surface area contributed by atoms with E-state index >= 15 is 0 Å². The van der Waals surface area contributed by atoms with E-state index in [0.717, 1.165) is 0 Å². The first-order chi connectivity index (χ1) is 19.9. The van der Waals surface area contributed by atoms with Crippen molar-refractivity contribution in [1.29, 1.82) is 0 Å². The van der Waals surface area contributed by atoms with Gasteiger partial charge in [-0.25, -0.2) is 4.79 Å². The molecular weight excluding hydrogens is 553 g/mol. The van der Waals surface area contributed by atoms with Crippen molar-refractivity contribution in [3.05, 3.63) is 182 Å². The number of carbonyl (C=O) groups excluding carboxylic acids is 2. The van der Waals surface area contributed by atoms with Crippen LogP contribution in [0.25, 0.3) is 0 Å². The van der Waals surface area contributed by atoms with Crippen molar-refractivity contribution in [2.45, 2.75) is 0 Å². The third kappa shape index (κ3) is 12.4. The summed E-state index contributed by atoms with van der Waals surface area (Å²) in [5, 5.41) is 3.80. The lowest BCUT2D eigenvalue weighted by Gasteiger charge is -2.11. The van der Waals surface area contributed by atoms with Gasteiger partial charge in [0.25, 0.3) is 5.91 Å². The van der Waals surface area contributed by atoms with Gasteiger partial charge >= 0.3 is 5.97 Å². The van der Waals surface area contributed by atoms with Crippen LogP contribution in [0.1, 0.15) is 20.7 Å². The van der Waals surface area contributed by atoms with E-state index in [1.54, 1.807) is 72.8 Å². The summed E-state index contributed by atoms with van der Waals surface area (Å²) in [5.41, 5.74) is 33.1. The van der Waals surface area contributed by atoms with Gasteiger partial charge in [0.05, 0.1) is 11.3 Å². The van der Waals surface area contributed by atoms with E-state index in [9.17, 15) is 9.59 Å². The molecule has 0 aliphatic carbocycles. The van der Waals surface area contributed by atoms with E-state index < -0.39 is 5.97 Å². The highest BCUT2D eigenvalue weighted by molar-refractivity contribution is 6.31. The van der Waals surface area contributed by atoms with Gasteiger partial charge in [0.15, 0.2) is 5.75 Å². The highest BCUT2D eigenvalue weighted by Crippen LogP contribution is 2.26. The molecule has 1 N–H and O–H groups in total. The number of ether oxygens (including phenoxy) is 1. The third-order valence-corrected chi connectivity index (χ3v) is 4.83. The van der Waals surface area contributed by atoms with Crippen LogP contribution in [0, 0.1) is 0 Å². The molecule has 6 heteroatoms. The minimum absolute atomic E-state index is 0.245. The van der Waals surface area contributed by atoms with Crippen LogP contribution in [0.3, 0.4) is 0 Å². The number of benzene rings is 3. The van der Waals surface area contributed by atoms with Crippen molar-refractivity contribution in [2.75, 3.05) is 5.32 Å². The van der Waals surface area contributed by atoms with Crippen LogP contribution in [0.5, 0.6) is 5.75 Å². The molecule has 3 aromatic carbocycles. The van der Waals surface area contributed by atoms with Crippen LogP contribution >= 0.6 is 23.2 Å². The van der Waals surface area contributed by atoms with Gasteiger partial charge in [-0.2, -0.15) is 0 Å². The van der Waals surface area contributed by atoms with Crippen molar-refractivity contribution in [2.24, 2.45) is 0 Å². The first kappa shape index (κ1) is 31.3. The van der Waals surface area contributed by atoms with Gasteiger partial charge in [-0.3, -0.25) is 4.79 Å². The molecule has 1 amide bonds. The number of esters is 1. The van der Waals surface area contributed by atoms with Crippen molar-refractivity contribution >= 4 is 40.8 Å². The molecule has 3 aromatic rings. The molecule has 0 fully saturated rings. The molecule has 0 heterocycles. The molecule has 0 bridgehead atoms. The van der Waals surface area contributed by atoms with Crippen molar-refractivity contribution in [3.8, 4) is 5.75 Å². The second kappa shape index (κ2) is 18.3. The van der Waals surface area contributed by atoms with Crippen LogP contribution < -0.4 is 10.1 Å². The zero-order chi connectivity index (χ0) is 29.7. The maximum absolute atomic E-state index is 12.4. The standard InChI is InChI=1S/C20H13Cl2NO3.C15H4/c21-15-9-5-13(6-10-15)19(24)23-17-3-1-2-4-18(17)26-20(25)14-7-11-16(22)12-8-14;1-3-5-7-9-11-13-15-14-12-10-8-6-4-2/h1-12H,(H,23,24);1-2H2. The fraction of sp³-hybridized carbons (Fsp3) is 0. The number of carbonyl (C=O) groups is 2. The SMILES string of the molecule is C=C=C=C=C=C=C=C=C=C=C=C=C=C=C.O=C(Nc1ccccc1OC(=O)c1ccc(Cl)cc1)c1ccc(Cl)cc1. The van der Waals surface area contributed by atoms with Crippen LogP contribution in [0.2, 0.25) is 10.0 Å². The van der Waals surface area contributed by atoms with Crippen LogP contribution in [-0.2, 0) is 0 Å². The monoisotopic (exact) mass is 569 g/mol. The van der Waals surface area contributed by atoms with E-state index in [1.165, 1.54) is 0 Å². The Bertz CT molecular complexity index is 1780. The number of halogens is 2. The van der Waals surface area contributed by atoms with E-state index in [0.29, 0.717) is 26.9 Å². The van der Waals surface area contributed by atoms with Gasteiger partial charge in [-0.15, -0.1) is 0 Å². The summed E-state index contributed by atoms with van der Waals surface area (Å²) in [6, 6.07) is 19.5. The number of nitrogens with one attached hydrogen (secondary N) is 1. The summed E-state index contributed by atoms with van der Waals surface area (Å²) in [5.74, 6) is -0.638. The highest BCUT2D eigenvalue weighted by Gasteiger charge is 2.14. The van der Waals surface area contributed by atoms with Gasteiger partial charge in [0.2, 0.25) is 0 Å². The Morgan fingerprint density at radius 3 is 1.46 bits per heavy atom. The Labute approximate surface area is 247 Å². The highest BCUT2D eigenvalue weighted by atomic mass is 35.5. The number of para-hydroxylation sites is 2. The number of hydrogen-bond donors (Lipinski definition) is 1. The molecule has 0 saturated carbocycles. The fourth-order valence-electron chi connectivity index (χ4n) is 2.57. The molecule has 3 rings (SSSR count). The maximum Gasteiger partial charge on any atom is 0.343 e. The summed E-state index contributed by atoms with van der Waals surface area (Å²) in [4.78, 5) is 24.6. The molecule has 0 unspecified atom stereocenters. The molecule has 0 atom stereocenters. The molecule has 0 aliphatic heterocycles. The summed E-state index contributed by atoms with van der Waals surface area (Å²) in [6.07, 6.45) is 0. The number of rotatable bonds is 4. The molecule has 194 valence electrons. The average Bonchev–Trinajstić information content (AvgIpc) is 2.98. The predicted molar refractivity (Wildman–Crippen MR) is 159 cm³/mol. The van der Waals surface area contributed by atoms with Gasteiger partial charge in [-0.05, 0) is 137 Å². The van der Waals surface area contributed by atoms with Crippen LogP contribution in [0.15, 0.2) is 160 Å². The molecule has 0 radical (unpaired) electrons. The maximum atomic E-state index is 12.4. The van der Waals surface area contributed by atoms with Gasteiger partial charge < -0.3 is 10.1 Å². The third-order valence-electron chi connectivity index (χ3n) is 4.33. The topological polar surface area (TPSA) is 55.4 Å². The lowest BCUT2D eigenvalue weighted by molar-refractivity contribution is 0.0734. The number of anilines is 1. The first-order valence-corrected chi connectivity index (χ1v) is 12.1. The van der Waals surface area contributed by atoms with Crippen LogP contribution in [0.4, 0.5) is 5.69 Å². The van der Waals surface area contributed by atoms with E-state index in [4.69, 9.17) is 27.9 Å². The van der Waals surface area contributed by atoms with Gasteiger partial charge in [0.1, 0.15) is 0 Å². The minimum atomic E-state index is -0.546. The average molecular weight is 570 g/mol. The summed E-state index contributed by atoms with van der Waals surface area (Å²) in [6.45, 7) is 6.58. The molecule has 0 saturated heterocycles. The number of hydrogen-bond acceptors (Lipinski definition) is 3. The fourth-order valence-corrected chi connectivity index (χ4v) is 2.82. The summed E-state index contributed by atoms with van der Waals surface area (Å²) >= 11 is 11.6. The largest absolute Gasteiger partial charge is 0.421 e.